The maximum Gasteiger partial charge on any atom is 0.458 e. The van der Waals surface area contributed by atoms with Crippen molar-refractivity contribution in [2.24, 2.45) is 0 Å². The van der Waals surface area contributed by atoms with Crippen LogP contribution < -0.4 is 5.32 Å². The molecule has 27 heavy (non-hydrogen) atoms. The Morgan fingerprint density at radius 3 is 2.26 bits per heavy atom. The van der Waals surface area contributed by atoms with E-state index >= 15 is 0 Å². The lowest BCUT2D eigenvalue weighted by Gasteiger charge is -2.24. The van der Waals surface area contributed by atoms with Gasteiger partial charge in [-0.2, -0.15) is 17.6 Å². The number of carbonyl (C=O) groups is 1. The largest absolute Gasteiger partial charge is 0.458 e. The summed E-state index contributed by atoms with van der Waals surface area (Å²) >= 11 is 1.08. The molecule has 0 radical (unpaired) electrons. The van der Waals surface area contributed by atoms with Gasteiger partial charge in [-0.15, -0.1) is 0 Å². The van der Waals surface area contributed by atoms with Crippen molar-refractivity contribution in [3.05, 3.63) is 58.6 Å². The van der Waals surface area contributed by atoms with E-state index in [0.29, 0.717) is 12.0 Å². The molecular weight excluding hydrogens is 392 g/mol. The van der Waals surface area contributed by atoms with Gasteiger partial charge in [0.25, 0.3) is 11.6 Å². The number of nitrogens with one attached hydrogen (secondary N) is 1. The van der Waals surface area contributed by atoms with Crippen LogP contribution in [0.4, 0.5) is 28.9 Å². The van der Waals surface area contributed by atoms with Crippen LogP contribution >= 0.6 is 11.8 Å². The summed E-state index contributed by atoms with van der Waals surface area (Å²) in [6.45, 7) is 0. The van der Waals surface area contributed by atoms with Crippen molar-refractivity contribution < 1.29 is 32.0 Å². The van der Waals surface area contributed by atoms with Gasteiger partial charge in [0, 0.05) is 34.7 Å². The molecule has 0 aliphatic rings. The third kappa shape index (κ3) is 4.74. The molecule has 11 heteroatoms. The maximum atomic E-state index is 13.9. The Kier molecular flexibility index (Phi) is 6.06. The van der Waals surface area contributed by atoms with E-state index in [0.717, 1.165) is 17.8 Å². The van der Waals surface area contributed by atoms with Crippen LogP contribution in [0.5, 0.6) is 0 Å². The summed E-state index contributed by atoms with van der Waals surface area (Å²) in [7, 11) is 0.386. The average Bonchev–Trinajstić information content (AvgIpc) is 2.60. The number of nitro benzene ring substituents is 1. The summed E-state index contributed by atoms with van der Waals surface area (Å²) in [4.78, 5) is 23.0. The number of alkyl halides is 4. The number of methoxy groups -OCH3 is 1. The predicted molar refractivity (Wildman–Crippen MR) is 89.2 cm³/mol. The van der Waals surface area contributed by atoms with Crippen LogP contribution in [0.25, 0.3) is 0 Å². The lowest BCUT2D eigenvalue weighted by Crippen LogP contribution is -2.52. The Bertz CT molecular complexity index is 848. The van der Waals surface area contributed by atoms with Gasteiger partial charge in [-0.25, -0.2) is 0 Å². The van der Waals surface area contributed by atoms with Crippen molar-refractivity contribution in [1.29, 1.82) is 0 Å². The van der Waals surface area contributed by atoms with Gasteiger partial charge in [0.1, 0.15) is 0 Å². The van der Waals surface area contributed by atoms with Crippen molar-refractivity contribution in [3.63, 3.8) is 0 Å². The zero-order valence-electron chi connectivity index (χ0n) is 13.6. The molecule has 144 valence electrons. The summed E-state index contributed by atoms with van der Waals surface area (Å²) in [5, 5.41) is 12.7. The number of hydrogen-bond acceptors (Lipinski definition) is 5. The highest BCUT2D eigenvalue weighted by Crippen LogP contribution is 2.37. The predicted octanol–water partition coefficient (Wildman–Crippen LogP) is 4.56. The van der Waals surface area contributed by atoms with Crippen molar-refractivity contribution in [2.75, 3.05) is 12.4 Å². The van der Waals surface area contributed by atoms with E-state index in [2.05, 4.69) is 4.74 Å². The highest BCUT2D eigenvalue weighted by atomic mass is 32.2. The lowest BCUT2D eigenvalue weighted by molar-refractivity contribution is -0.385. The Hall–Kier alpha value is -2.66. The maximum absolute atomic E-state index is 13.9. The molecule has 0 saturated heterocycles. The normalized spacial score (nSPS) is 13.7. The molecule has 0 aliphatic heterocycles. The summed E-state index contributed by atoms with van der Waals surface area (Å²) in [5.41, 5.74) is -0.865. The van der Waals surface area contributed by atoms with Crippen LogP contribution in [-0.4, -0.2) is 30.0 Å². The SMILES string of the molecule is CO[C@](F)(C(=O)Nc1cc(Sc2ccccc2)cc([N+](=O)[O-])c1)C(F)(F)F. The zero-order valence-corrected chi connectivity index (χ0v) is 14.4. The molecule has 2 aromatic rings. The number of halogens is 4. The average molecular weight is 404 g/mol. The Labute approximate surface area is 154 Å². The van der Waals surface area contributed by atoms with Crippen LogP contribution in [0.3, 0.4) is 0 Å². The Morgan fingerprint density at radius 1 is 1.11 bits per heavy atom. The minimum atomic E-state index is -5.63. The molecule has 6 nitrogen and oxygen atoms in total. The second-order valence-corrected chi connectivity index (χ2v) is 6.29. The van der Waals surface area contributed by atoms with Crippen LogP contribution in [0.1, 0.15) is 0 Å². The fourth-order valence-electron chi connectivity index (χ4n) is 1.99. The van der Waals surface area contributed by atoms with Gasteiger partial charge in [0.15, 0.2) is 0 Å². The van der Waals surface area contributed by atoms with E-state index in [1.165, 1.54) is 12.1 Å². The smallest absolute Gasteiger partial charge is 0.335 e. The standard InChI is InChI=1S/C16H12F4N2O4S/c1-26-15(17,16(18,19)20)14(23)21-10-7-11(22(24)25)9-13(8-10)27-12-5-3-2-4-6-12/h2-9H,1H3,(H,21,23)/t15-/m1/s1. The Balaban J connectivity index is 2.36. The highest BCUT2D eigenvalue weighted by Gasteiger charge is 2.63. The van der Waals surface area contributed by atoms with Crippen LogP contribution in [-0.2, 0) is 9.53 Å². The van der Waals surface area contributed by atoms with Crippen LogP contribution in [0.15, 0.2) is 58.3 Å². The number of hydrogen-bond donors (Lipinski definition) is 1. The fraction of sp³-hybridized carbons (Fsp3) is 0.188. The van der Waals surface area contributed by atoms with Gasteiger partial charge in [-0.1, -0.05) is 30.0 Å². The minimum absolute atomic E-state index is 0.264. The number of anilines is 1. The molecule has 2 rings (SSSR count). The van der Waals surface area contributed by atoms with Crippen molar-refractivity contribution >= 4 is 29.0 Å². The fourth-order valence-corrected chi connectivity index (χ4v) is 2.92. The van der Waals surface area contributed by atoms with Gasteiger partial charge in [-0.05, 0) is 18.2 Å². The molecule has 0 aliphatic carbocycles. The van der Waals surface area contributed by atoms with Crippen molar-refractivity contribution in [1.82, 2.24) is 0 Å². The molecule has 0 bridgehead atoms. The van der Waals surface area contributed by atoms with E-state index in [9.17, 15) is 32.5 Å². The van der Waals surface area contributed by atoms with Gasteiger partial charge in [-0.3, -0.25) is 14.9 Å². The molecule has 0 saturated carbocycles. The van der Waals surface area contributed by atoms with Crippen LogP contribution in [0, 0.1) is 10.1 Å². The van der Waals surface area contributed by atoms with Gasteiger partial charge in [0.2, 0.25) is 0 Å². The number of carbonyl (C=O) groups excluding carboxylic acids is 1. The molecule has 0 fully saturated rings. The first kappa shape index (κ1) is 20.6. The molecular formula is C16H12F4N2O4S. The number of benzene rings is 2. The summed E-state index contributed by atoms with van der Waals surface area (Å²) in [6.07, 6.45) is -5.63. The number of amides is 1. The van der Waals surface area contributed by atoms with Gasteiger partial charge in [0.05, 0.1) is 4.92 Å². The number of nitro groups is 1. The molecule has 0 aromatic heterocycles. The number of non-ortho nitro benzene ring substituents is 1. The van der Waals surface area contributed by atoms with E-state index in [4.69, 9.17) is 0 Å². The minimum Gasteiger partial charge on any atom is -0.335 e. The zero-order chi connectivity index (χ0) is 20.2. The second kappa shape index (κ2) is 7.92. The van der Waals surface area contributed by atoms with E-state index in [1.807, 2.05) is 0 Å². The molecule has 2 aromatic carbocycles. The molecule has 1 atom stereocenters. The van der Waals surface area contributed by atoms with E-state index in [1.54, 1.807) is 35.6 Å². The number of ether oxygens (including phenoxy) is 1. The molecule has 1 N–H and O–H groups in total. The first-order valence-electron chi connectivity index (χ1n) is 7.21. The topological polar surface area (TPSA) is 81.5 Å². The quantitative estimate of drug-likeness (QED) is 0.434. The molecule has 0 unspecified atom stereocenters. The van der Waals surface area contributed by atoms with Gasteiger partial charge >= 0.3 is 12.0 Å². The summed E-state index contributed by atoms with van der Waals surface area (Å²) in [5.74, 6) is -6.74. The van der Waals surface area contributed by atoms with Crippen LogP contribution in [0.2, 0.25) is 0 Å². The van der Waals surface area contributed by atoms with Gasteiger partial charge < -0.3 is 10.1 Å². The summed E-state index contributed by atoms with van der Waals surface area (Å²) in [6, 6.07) is 11.8. The molecule has 0 spiro atoms. The first-order chi connectivity index (χ1) is 12.6. The van der Waals surface area contributed by atoms with E-state index < -0.39 is 28.5 Å². The lowest BCUT2D eigenvalue weighted by atomic mass is 10.2. The summed E-state index contributed by atoms with van der Waals surface area (Å²) < 4.78 is 55.9. The first-order valence-corrected chi connectivity index (χ1v) is 8.03. The number of rotatable bonds is 6. The number of nitrogens with zero attached hydrogens (tertiary/aromatic N) is 1. The monoisotopic (exact) mass is 404 g/mol. The molecule has 1 amide bonds. The third-order valence-corrected chi connectivity index (χ3v) is 4.26. The third-order valence-electron chi connectivity index (χ3n) is 3.28. The van der Waals surface area contributed by atoms with E-state index in [-0.39, 0.29) is 10.6 Å². The molecule has 0 heterocycles. The van der Waals surface area contributed by atoms with Crippen molar-refractivity contribution in [3.8, 4) is 0 Å². The highest BCUT2D eigenvalue weighted by molar-refractivity contribution is 7.99. The van der Waals surface area contributed by atoms with Crippen molar-refractivity contribution in [2.45, 2.75) is 21.8 Å². The second-order valence-electron chi connectivity index (χ2n) is 5.14. The Morgan fingerprint density at radius 2 is 1.74 bits per heavy atom.